The van der Waals surface area contributed by atoms with Gasteiger partial charge in [-0.05, 0) is 29.7 Å². The fourth-order valence-electron chi connectivity index (χ4n) is 2.99. The highest BCUT2D eigenvalue weighted by molar-refractivity contribution is 5.70. The zero-order chi connectivity index (χ0) is 17.9. The van der Waals surface area contributed by atoms with Gasteiger partial charge in [-0.15, -0.1) is 0 Å². The zero-order valence-corrected chi connectivity index (χ0v) is 14.3. The minimum Gasteiger partial charge on any atom is -0.366 e. The third-order valence-corrected chi connectivity index (χ3v) is 4.27. The van der Waals surface area contributed by atoms with Gasteiger partial charge in [0.25, 0.3) is 0 Å². The lowest BCUT2D eigenvalue weighted by Crippen LogP contribution is -2.06. The molecule has 2 heterocycles. The molecule has 4 rings (SSSR count). The highest BCUT2D eigenvalue weighted by atomic mass is 15.3. The number of hydrogen-bond acceptors (Lipinski definition) is 4. The van der Waals surface area contributed by atoms with Gasteiger partial charge in [-0.25, -0.2) is 4.98 Å². The molecule has 5 nitrogen and oxygen atoms in total. The van der Waals surface area contributed by atoms with Crippen LogP contribution >= 0.6 is 0 Å². The molecule has 0 aliphatic heterocycles. The first kappa shape index (κ1) is 15.9. The number of fused-ring (bicyclic) bond motifs is 1. The maximum atomic E-state index is 9.26. The van der Waals surface area contributed by atoms with Crippen LogP contribution in [0.3, 0.4) is 0 Å². The van der Waals surface area contributed by atoms with E-state index < -0.39 is 0 Å². The number of aromatic nitrogens is 3. The van der Waals surface area contributed by atoms with Crippen molar-refractivity contribution in [1.82, 2.24) is 14.6 Å². The predicted molar refractivity (Wildman–Crippen MR) is 102 cm³/mol. The fraction of sp³-hybridized carbons (Fsp3) is 0.0952. The van der Waals surface area contributed by atoms with E-state index in [1.807, 2.05) is 43.3 Å². The zero-order valence-electron chi connectivity index (χ0n) is 14.3. The lowest BCUT2D eigenvalue weighted by Gasteiger charge is -2.10. The summed E-state index contributed by atoms with van der Waals surface area (Å²) in [6.07, 6.45) is 1.74. The Bertz CT molecular complexity index is 1100. The Morgan fingerprint density at radius 2 is 1.88 bits per heavy atom. The van der Waals surface area contributed by atoms with Crippen molar-refractivity contribution < 1.29 is 0 Å². The largest absolute Gasteiger partial charge is 0.366 e. The van der Waals surface area contributed by atoms with Crippen LogP contribution in [0.25, 0.3) is 16.8 Å². The van der Waals surface area contributed by atoms with Crippen LogP contribution in [0.4, 0.5) is 5.82 Å². The quantitative estimate of drug-likeness (QED) is 0.605. The summed E-state index contributed by atoms with van der Waals surface area (Å²) in [7, 11) is 0. The number of nitriles is 1. The number of aryl methyl sites for hydroxylation is 1. The Labute approximate surface area is 151 Å². The van der Waals surface area contributed by atoms with E-state index in [0.717, 1.165) is 33.8 Å². The SMILES string of the molecule is Cc1cc(NCc2ccc(-c3ccccc3C#N)cc2)n2nccc2n1. The second kappa shape index (κ2) is 6.69. The van der Waals surface area contributed by atoms with Crippen molar-refractivity contribution in [2.45, 2.75) is 13.5 Å². The number of nitrogens with zero attached hydrogens (tertiary/aromatic N) is 4. The third kappa shape index (κ3) is 3.01. The van der Waals surface area contributed by atoms with Gasteiger partial charge in [0.15, 0.2) is 5.65 Å². The van der Waals surface area contributed by atoms with Gasteiger partial charge in [-0.3, -0.25) is 0 Å². The lowest BCUT2D eigenvalue weighted by atomic mass is 9.99. The number of benzene rings is 2. The first-order chi connectivity index (χ1) is 12.7. The summed E-state index contributed by atoms with van der Waals surface area (Å²) in [6.45, 7) is 2.65. The molecule has 0 bridgehead atoms. The van der Waals surface area contributed by atoms with Crippen molar-refractivity contribution in [2.75, 3.05) is 5.32 Å². The molecule has 0 aliphatic carbocycles. The summed E-state index contributed by atoms with van der Waals surface area (Å²) in [5.41, 5.74) is 5.61. The van der Waals surface area contributed by atoms with Gasteiger partial charge < -0.3 is 5.32 Å². The number of nitrogens with one attached hydrogen (secondary N) is 1. The van der Waals surface area contributed by atoms with Crippen LogP contribution in [0, 0.1) is 18.3 Å². The van der Waals surface area contributed by atoms with Crippen LogP contribution < -0.4 is 5.32 Å². The van der Waals surface area contributed by atoms with Gasteiger partial charge in [-0.1, -0.05) is 42.5 Å². The molecule has 0 amide bonds. The van der Waals surface area contributed by atoms with Crippen molar-refractivity contribution in [2.24, 2.45) is 0 Å². The maximum absolute atomic E-state index is 9.26. The molecule has 0 spiro atoms. The molecule has 2 aromatic carbocycles. The van der Waals surface area contributed by atoms with Crippen molar-refractivity contribution in [1.29, 1.82) is 5.26 Å². The monoisotopic (exact) mass is 339 g/mol. The molecule has 0 aliphatic rings. The van der Waals surface area contributed by atoms with E-state index in [-0.39, 0.29) is 0 Å². The van der Waals surface area contributed by atoms with Gasteiger partial charge in [0.05, 0.1) is 17.8 Å². The minimum atomic E-state index is 0.679. The molecule has 0 radical (unpaired) electrons. The summed E-state index contributed by atoms with van der Waals surface area (Å²) < 4.78 is 1.80. The van der Waals surface area contributed by atoms with E-state index in [2.05, 4.69) is 45.7 Å². The Balaban J connectivity index is 1.55. The standard InChI is InChI=1S/C21H17N5/c1-15-12-21(26-20(25-15)10-11-24-26)23-14-16-6-8-17(9-7-16)19-5-3-2-4-18(19)13-22/h2-12,23H,14H2,1H3. The molecular weight excluding hydrogens is 322 g/mol. The van der Waals surface area contributed by atoms with Crippen molar-refractivity contribution >= 4 is 11.5 Å². The van der Waals surface area contributed by atoms with Gasteiger partial charge in [-0.2, -0.15) is 14.9 Å². The van der Waals surface area contributed by atoms with Crippen LogP contribution in [0.1, 0.15) is 16.8 Å². The molecule has 4 aromatic rings. The van der Waals surface area contributed by atoms with Crippen LogP contribution in [0.15, 0.2) is 66.9 Å². The minimum absolute atomic E-state index is 0.679. The topological polar surface area (TPSA) is 66.0 Å². The molecule has 0 unspecified atom stereocenters. The van der Waals surface area contributed by atoms with Crippen LogP contribution in [-0.4, -0.2) is 14.6 Å². The highest BCUT2D eigenvalue weighted by Crippen LogP contribution is 2.23. The van der Waals surface area contributed by atoms with Gasteiger partial charge in [0, 0.05) is 24.4 Å². The van der Waals surface area contributed by atoms with Crippen LogP contribution in [0.2, 0.25) is 0 Å². The molecule has 0 saturated carbocycles. The van der Waals surface area contributed by atoms with Gasteiger partial charge in [0.1, 0.15) is 5.82 Å². The molecule has 0 atom stereocenters. The Hall–Kier alpha value is -3.65. The summed E-state index contributed by atoms with van der Waals surface area (Å²) >= 11 is 0. The third-order valence-electron chi connectivity index (χ3n) is 4.27. The highest BCUT2D eigenvalue weighted by Gasteiger charge is 2.06. The molecule has 26 heavy (non-hydrogen) atoms. The van der Waals surface area contributed by atoms with E-state index in [1.165, 1.54) is 0 Å². The van der Waals surface area contributed by atoms with Crippen LogP contribution in [-0.2, 0) is 6.54 Å². The number of hydrogen-bond donors (Lipinski definition) is 1. The summed E-state index contributed by atoms with van der Waals surface area (Å²) in [4.78, 5) is 4.45. The lowest BCUT2D eigenvalue weighted by molar-refractivity contribution is 0.917. The normalized spacial score (nSPS) is 10.6. The molecule has 2 aromatic heterocycles. The average molecular weight is 339 g/mol. The summed E-state index contributed by atoms with van der Waals surface area (Å²) in [5, 5.41) is 17.0. The van der Waals surface area contributed by atoms with E-state index in [1.54, 1.807) is 10.7 Å². The first-order valence-electron chi connectivity index (χ1n) is 8.38. The smallest absolute Gasteiger partial charge is 0.157 e. The Morgan fingerprint density at radius 1 is 1.08 bits per heavy atom. The summed E-state index contributed by atoms with van der Waals surface area (Å²) in [6, 6.07) is 22.0. The molecular formula is C21H17N5. The maximum Gasteiger partial charge on any atom is 0.157 e. The first-order valence-corrected chi connectivity index (χ1v) is 8.38. The van der Waals surface area contributed by atoms with Gasteiger partial charge in [0.2, 0.25) is 0 Å². The Morgan fingerprint density at radius 3 is 2.69 bits per heavy atom. The molecule has 0 saturated heterocycles. The van der Waals surface area contributed by atoms with Crippen LogP contribution in [0.5, 0.6) is 0 Å². The molecule has 1 N–H and O–H groups in total. The second-order valence-electron chi connectivity index (χ2n) is 6.09. The van der Waals surface area contributed by atoms with Crippen molar-refractivity contribution in [3.05, 3.63) is 83.7 Å². The van der Waals surface area contributed by atoms with E-state index in [4.69, 9.17) is 0 Å². The van der Waals surface area contributed by atoms with Crippen molar-refractivity contribution in [3.8, 4) is 17.2 Å². The second-order valence-corrected chi connectivity index (χ2v) is 6.09. The predicted octanol–water partition coefficient (Wildman–Crippen LogP) is 4.19. The number of anilines is 1. The summed E-state index contributed by atoms with van der Waals surface area (Å²) in [5.74, 6) is 0.913. The fourth-order valence-corrected chi connectivity index (χ4v) is 2.99. The molecule has 5 heteroatoms. The van der Waals surface area contributed by atoms with Crippen molar-refractivity contribution in [3.63, 3.8) is 0 Å². The van der Waals surface area contributed by atoms with Gasteiger partial charge >= 0.3 is 0 Å². The average Bonchev–Trinajstić information content (AvgIpc) is 3.15. The Kier molecular flexibility index (Phi) is 4.08. The molecule has 126 valence electrons. The van der Waals surface area contributed by atoms with E-state index >= 15 is 0 Å². The number of rotatable bonds is 4. The van der Waals surface area contributed by atoms with E-state index in [0.29, 0.717) is 12.1 Å². The van der Waals surface area contributed by atoms with E-state index in [9.17, 15) is 5.26 Å². The molecule has 0 fully saturated rings.